The molecule has 3 amide bonds. The van der Waals surface area contributed by atoms with Gasteiger partial charge < -0.3 is 10.1 Å². The second-order valence-electron chi connectivity index (χ2n) is 5.96. The van der Waals surface area contributed by atoms with Crippen molar-refractivity contribution in [1.29, 1.82) is 0 Å². The van der Waals surface area contributed by atoms with Gasteiger partial charge >= 0.3 is 5.97 Å². The lowest BCUT2D eigenvalue weighted by atomic mass is 10.2. The Balaban J connectivity index is 1.67. The molecule has 9 heteroatoms. The zero-order chi connectivity index (χ0) is 21.0. The highest BCUT2D eigenvalue weighted by molar-refractivity contribution is 9.10. The van der Waals surface area contributed by atoms with Crippen LogP contribution < -0.4 is 10.1 Å². The molecule has 29 heavy (non-hydrogen) atoms. The monoisotopic (exact) mass is 474 g/mol. The Bertz CT molecular complexity index is 1020. The average molecular weight is 475 g/mol. The molecule has 1 aliphatic rings. The van der Waals surface area contributed by atoms with E-state index in [1.807, 2.05) is 0 Å². The summed E-state index contributed by atoms with van der Waals surface area (Å²) in [5.41, 5.74) is 1.21. The summed E-state index contributed by atoms with van der Waals surface area (Å²) in [5, 5.41) is 2.15. The van der Waals surface area contributed by atoms with E-state index in [0.29, 0.717) is 21.5 Å². The number of nitrogens with one attached hydrogen (secondary N) is 1. The summed E-state index contributed by atoms with van der Waals surface area (Å²) < 4.78 is 5.65. The molecule has 0 saturated carbocycles. The van der Waals surface area contributed by atoms with Crippen molar-refractivity contribution in [2.45, 2.75) is 6.92 Å². The normalized spacial score (nSPS) is 15.0. The Morgan fingerprint density at radius 1 is 1.14 bits per heavy atom. The molecule has 0 aromatic heterocycles. The van der Waals surface area contributed by atoms with Crippen molar-refractivity contribution in [3.05, 3.63) is 63.5 Å². The van der Waals surface area contributed by atoms with Crippen molar-refractivity contribution in [1.82, 2.24) is 4.90 Å². The van der Waals surface area contributed by atoms with Crippen LogP contribution in [-0.2, 0) is 14.4 Å². The van der Waals surface area contributed by atoms with Crippen LogP contribution in [0.2, 0.25) is 0 Å². The van der Waals surface area contributed by atoms with Gasteiger partial charge in [0.15, 0.2) is 0 Å². The van der Waals surface area contributed by atoms with Crippen molar-refractivity contribution < 1.29 is 23.9 Å². The first kappa shape index (κ1) is 20.8. The average Bonchev–Trinajstić information content (AvgIpc) is 2.92. The van der Waals surface area contributed by atoms with Gasteiger partial charge in [-0.2, -0.15) is 0 Å². The molecule has 0 bridgehead atoms. The number of thioether (sulfide) groups is 1. The number of carbonyl (C=O) groups excluding carboxylic acids is 4. The third-order valence-electron chi connectivity index (χ3n) is 3.76. The van der Waals surface area contributed by atoms with E-state index in [9.17, 15) is 19.2 Å². The fraction of sp³-hybridized carbons (Fsp3) is 0.100. The van der Waals surface area contributed by atoms with Crippen LogP contribution in [0.3, 0.4) is 0 Å². The standard InChI is InChI=1S/C20H15BrN2O5S/c1-12(24)28-14-8-6-13(7-9-14)10-17-19(26)23(20(27)29-17)11-18(25)22-16-5-3-2-4-15(16)21/h2-10H,11H2,1H3,(H,22,25)/b17-10+. The molecule has 1 aliphatic heterocycles. The van der Waals surface area contributed by atoms with Crippen molar-refractivity contribution in [2.24, 2.45) is 0 Å². The van der Waals surface area contributed by atoms with E-state index in [1.165, 1.54) is 6.92 Å². The molecule has 1 N–H and O–H groups in total. The maximum atomic E-state index is 12.5. The molecule has 1 saturated heterocycles. The number of hydrogen-bond donors (Lipinski definition) is 1. The molecule has 3 rings (SSSR count). The molecule has 0 aliphatic carbocycles. The molecule has 1 fully saturated rings. The number of anilines is 1. The molecule has 0 radical (unpaired) electrons. The topological polar surface area (TPSA) is 92.8 Å². The maximum absolute atomic E-state index is 12.5. The second-order valence-corrected chi connectivity index (χ2v) is 7.81. The molecule has 0 unspecified atom stereocenters. The fourth-order valence-electron chi connectivity index (χ4n) is 2.48. The van der Waals surface area contributed by atoms with Gasteiger partial charge in [0, 0.05) is 11.4 Å². The number of rotatable bonds is 5. The van der Waals surface area contributed by atoms with Crippen molar-refractivity contribution in [3.63, 3.8) is 0 Å². The quantitative estimate of drug-likeness (QED) is 0.399. The Hall–Kier alpha value is -2.91. The molecule has 2 aromatic carbocycles. The van der Waals surface area contributed by atoms with Crippen molar-refractivity contribution in [3.8, 4) is 5.75 Å². The zero-order valence-corrected chi connectivity index (χ0v) is 17.6. The summed E-state index contributed by atoms with van der Waals surface area (Å²) in [6, 6.07) is 13.5. The minimum atomic E-state index is -0.536. The lowest BCUT2D eigenvalue weighted by Gasteiger charge is -2.13. The summed E-state index contributed by atoms with van der Waals surface area (Å²) in [6.45, 7) is 0.922. The van der Waals surface area contributed by atoms with Gasteiger partial charge in [-0.05, 0) is 63.6 Å². The fourth-order valence-corrected chi connectivity index (χ4v) is 3.70. The highest BCUT2D eigenvalue weighted by atomic mass is 79.9. The number of imide groups is 1. The van der Waals surface area contributed by atoms with E-state index in [1.54, 1.807) is 54.6 Å². The lowest BCUT2D eigenvalue weighted by molar-refractivity contribution is -0.131. The minimum Gasteiger partial charge on any atom is -0.427 e. The highest BCUT2D eigenvalue weighted by Crippen LogP contribution is 2.32. The van der Waals surface area contributed by atoms with E-state index in [2.05, 4.69) is 21.2 Å². The SMILES string of the molecule is CC(=O)Oc1ccc(/C=C2/SC(=O)N(CC(=O)Nc3ccccc3Br)C2=O)cc1. The van der Waals surface area contributed by atoms with Crippen LogP contribution in [0.4, 0.5) is 10.5 Å². The Morgan fingerprint density at radius 2 is 1.83 bits per heavy atom. The van der Waals surface area contributed by atoms with Gasteiger partial charge in [-0.15, -0.1) is 0 Å². The largest absolute Gasteiger partial charge is 0.427 e. The first-order valence-electron chi connectivity index (χ1n) is 8.42. The Kier molecular flexibility index (Phi) is 6.50. The van der Waals surface area contributed by atoms with E-state index < -0.39 is 23.0 Å². The van der Waals surface area contributed by atoms with Crippen LogP contribution in [0.15, 0.2) is 57.9 Å². The van der Waals surface area contributed by atoms with Gasteiger partial charge in [-0.3, -0.25) is 24.1 Å². The predicted octanol–water partition coefficient (Wildman–Crippen LogP) is 4.05. The van der Waals surface area contributed by atoms with Crippen molar-refractivity contribution in [2.75, 3.05) is 11.9 Å². The Morgan fingerprint density at radius 3 is 2.48 bits per heavy atom. The van der Waals surface area contributed by atoms with Gasteiger partial charge in [-0.25, -0.2) is 0 Å². The van der Waals surface area contributed by atoms with Gasteiger partial charge in [0.25, 0.3) is 11.1 Å². The Labute approximate surface area is 179 Å². The first-order valence-corrected chi connectivity index (χ1v) is 10.0. The number of esters is 1. The number of halogens is 1. The maximum Gasteiger partial charge on any atom is 0.308 e. The summed E-state index contributed by atoms with van der Waals surface area (Å²) in [7, 11) is 0. The summed E-state index contributed by atoms with van der Waals surface area (Å²) in [4.78, 5) is 49.1. The molecular weight excluding hydrogens is 460 g/mol. The highest BCUT2D eigenvalue weighted by Gasteiger charge is 2.36. The smallest absolute Gasteiger partial charge is 0.308 e. The molecule has 0 atom stereocenters. The van der Waals surface area contributed by atoms with Crippen LogP contribution in [-0.4, -0.2) is 34.5 Å². The number of hydrogen-bond acceptors (Lipinski definition) is 6. The molecule has 0 spiro atoms. The van der Waals surface area contributed by atoms with E-state index in [0.717, 1.165) is 16.7 Å². The summed E-state index contributed by atoms with van der Waals surface area (Å²) >= 11 is 4.09. The number of carbonyl (C=O) groups is 4. The molecule has 2 aromatic rings. The molecule has 7 nitrogen and oxygen atoms in total. The van der Waals surface area contributed by atoms with Crippen LogP contribution in [0.25, 0.3) is 6.08 Å². The number of benzene rings is 2. The number of nitrogens with zero attached hydrogens (tertiary/aromatic N) is 1. The number of ether oxygens (including phenoxy) is 1. The van der Waals surface area contributed by atoms with Crippen molar-refractivity contribution >= 4 is 62.5 Å². The third-order valence-corrected chi connectivity index (χ3v) is 5.36. The number of para-hydroxylation sites is 1. The minimum absolute atomic E-state index is 0.212. The van der Waals surface area contributed by atoms with Gasteiger partial charge in [-0.1, -0.05) is 24.3 Å². The van der Waals surface area contributed by atoms with Crippen LogP contribution in [0, 0.1) is 0 Å². The molecular formula is C20H15BrN2O5S. The zero-order valence-electron chi connectivity index (χ0n) is 15.2. The second kappa shape index (κ2) is 9.06. The van der Waals surface area contributed by atoms with E-state index in [-0.39, 0.29) is 11.4 Å². The van der Waals surface area contributed by atoms with Crippen LogP contribution >= 0.6 is 27.7 Å². The number of amides is 3. The molecule has 148 valence electrons. The summed E-state index contributed by atoms with van der Waals surface area (Å²) in [5.74, 6) is -1.07. The molecule has 1 heterocycles. The third kappa shape index (κ3) is 5.33. The summed E-state index contributed by atoms with van der Waals surface area (Å²) in [6.07, 6.45) is 1.55. The van der Waals surface area contributed by atoms with Crippen LogP contribution in [0.5, 0.6) is 5.75 Å². The van der Waals surface area contributed by atoms with Gasteiger partial charge in [0.05, 0.1) is 10.6 Å². The van der Waals surface area contributed by atoms with E-state index >= 15 is 0 Å². The first-order chi connectivity index (χ1) is 13.8. The van der Waals surface area contributed by atoms with E-state index in [4.69, 9.17) is 4.74 Å². The van der Waals surface area contributed by atoms with Gasteiger partial charge in [0.1, 0.15) is 12.3 Å². The predicted molar refractivity (Wildman–Crippen MR) is 113 cm³/mol. The van der Waals surface area contributed by atoms with Gasteiger partial charge in [0.2, 0.25) is 5.91 Å². The van der Waals surface area contributed by atoms with Crippen LogP contribution in [0.1, 0.15) is 12.5 Å². The lowest BCUT2D eigenvalue weighted by Crippen LogP contribution is -2.36.